The SMILES string of the molecule is Cc1nc(-c2c[nH]c(C(=O)NCC3(CO)CC3)c2)cs1. The van der Waals surface area contributed by atoms with Gasteiger partial charge in [0, 0.05) is 29.1 Å². The second-order valence-electron chi connectivity index (χ2n) is 5.39. The van der Waals surface area contributed by atoms with E-state index in [1.807, 2.05) is 18.4 Å². The Labute approximate surface area is 121 Å². The van der Waals surface area contributed by atoms with Gasteiger partial charge in [-0.05, 0) is 25.8 Å². The number of aromatic amines is 1. The van der Waals surface area contributed by atoms with E-state index < -0.39 is 0 Å². The summed E-state index contributed by atoms with van der Waals surface area (Å²) in [6.07, 6.45) is 3.76. The van der Waals surface area contributed by atoms with Crippen LogP contribution in [0.3, 0.4) is 0 Å². The average molecular weight is 291 g/mol. The van der Waals surface area contributed by atoms with Gasteiger partial charge < -0.3 is 15.4 Å². The fourth-order valence-electron chi connectivity index (χ4n) is 2.10. The lowest BCUT2D eigenvalue weighted by atomic mass is 10.1. The predicted molar refractivity (Wildman–Crippen MR) is 77.7 cm³/mol. The molecule has 0 aromatic carbocycles. The Bertz CT molecular complexity index is 628. The number of aliphatic hydroxyl groups is 1. The van der Waals surface area contributed by atoms with Crippen molar-refractivity contribution in [2.75, 3.05) is 13.2 Å². The molecule has 1 fully saturated rings. The van der Waals surface area contributed by atoms with Gasteiger partial charge in [0.05, 0.1) is 17.3 Å². The van der Waals surface area contributed by atoms with Crippen molar-refractivity contribution in [3.8, 4) is 11.3 Å². The summed E-state index contributed by atoms with van der Waals surface area (Å²) in [7, 11) is 0. The quantitative estimate of drug-likeness (QED) is 0.788. The molecular weight excluding hydrogens is 274 g/mol. The second kappa shape index (κ2) is 5.03. The molecule has 5 nitrogen and oxygen atoms in total. The molecule has 0 bridgehead atoms. The van der Waals surface area contributed by atoms with Crippen LogP contribution in [0.2, 0.25) is 0 Å². The number of aromatic nitrogens is 2. The maximum atomic E-state index is 12.0. The van der Waals surface area contributed by atoms with Crippen LogP contribution < -0.4 is 5.32 Å². The summed E-state index contributed by atoms with van der Waals surface area (Å²) in [5, 5.41) is 15.1. The number of carbonyl (C=O) groups excluding carboxylic acids is 1. The summed E-state index contributed by atoms with van der Waals surface area (Å²) in [5.41, 5.74) is 2.26. The van der Waals surface area contributed by atoms with Gasteiger partial charge in [0.2, 0.25) is 0 Å². The molecule has 2 aromatic heterocycles. The molecule has 1 aliphatic rings. The lowest BCUT2D eigenvalue weighted by Crippen LogP contribution is -2.32. The van der Waals surface area contributed by atoms with Crippen molar-refractivity contribution in [3.05, 3.63) is 28.3 Å². The van der Waals surface area contributed by atoms with Gasteiger partial charge >= 0.3 is 0 Å². The van der Waals surface area contributed by atoms with Crippen LogP contribution in [0, 0.1) is 12.3 Å². The Morgan fingerprint density at radius 2 is 2.40 bits per heavy atom. The first-order chi connectivity index (χ1) is 9.62. The number of nitrogens with zero attached hydrogens (tertiary/aromatic N) is 1. The molecule has 106 valence electrons. The zero-order chi connectivity index (χ0) is 14.2. The third-order valence-electron chi connectivity index (χ3n) is 3.76. The summed E-state index contributed by atoms with van der Waals surface area (Å²) in [4.78, 5) is 19.4. The molecule has 1 saturated carbocycles. The number of thiazole rings is 1. The van der Waals surface area contributed by atoms with Gasteiger partial charge in [-0.3, -0.25) is 4.79 Å². The van der Waals surface area contributed by atoms with Gasteiger partial charge in [-0.2, -0.15) is 0 Å². The Hall–Kier alpha value is -1.66. The Morgan fingerprint density at radius 3 is 3.00 bits per heavy atom. The van der Waals surface area contributed by atoms with Crippen LogP contribution in [0.1, 0.15) is 28.3 Å². The molecular formula is C14H17N3O2S. The van der Waals surface area contributed by atoms with Crippen LogP contribution in [-0.4, -0.2) is 34.1 Å². The minimum Gasteiger partial charge on any atom is -0.396 e. The lowest BCUT2D eigenvalue weighted by molar-refractivity contribution is 0.0931. The number of aryl methyl sites for hydroxylation is 1. The Balaban J connectivity index is 1.65. The molecule has 0 radical (unpaired) electrons. The molecule has 3 N–H and O–H groups in total. The monoisotopic (exact) mass is 291 g/mol. The largest absolute Gasteiger partial charge is 0.396 e. The third kappa shape index (κ3) is 2.62. The molecule has 0 spiro atoms. The van der Waals surface area contributed by atoms with Crippen molar-refractivity contribution in [1.29, 1.82) is 0 Å². The van der Waals surface area contributed by atoms with E-state index >= 15 is 0 Å². The number of nitrogens with one attached hydrogen (secondary N) is 2. The minimum atomic E-state index is -0.136. The van der Waals surface area contributed by atoms with E-state index in [4.69, 9.17) is 0 Å². The summed E-state index contributed by atoms with van der Waals surface area (Å²) in [6.45, 7) is 2.63. The maximum Gasteiger partial charge on any atom is 0.267 e. The maximum absolute atomic E-state index is 12.0. The molecule has 20 heavy (non-hydrogen) atoms. The summed E-state index contributed by atoms with van der Waals surface area (Å²) >= 11 is 1.59. The molecule has 6 heteroatoms. The van der Waals surface area contributed by atoms with Gasteiger partial charge in [0.1, 0.15) is 5.69 Å². The smallest absolute Gasteiger partial charge is 0.267 e. The molecule has 1 aliphatic carbocycles. The zero-order valence-corrected chi connectivity index (χ0v) is 12.1. The Morgan fingerprint density at radius 1 is 1.60 bits per heavy atom. The molecule has 0 saturated heterocycles. The summed E-state index contributed by atoms with van der Waals surface area (Å²) in [5.74, 6) is -0.136. The van der Waals surface area contributed by atoms with Crippen LogP contribution >= 0.6 is 11.3 Å². The number of aliphatic hydroxyl groups excluding tert-OH is 1. The van der Waals surface area contributed by atoms with E-state index in [0.717, 1.165) is 29.1 Å². The van der Waals surface area contributed by atoms with Gasteiger partial charge in [0.15, 0.2) is 0 Å². The molecule has 2 aromatic rings. The van der Waals surface area contributed by atoms with Crippen molar-refractivity contribution < 1.29 is 9.90 Å². The number of H-pyrrole nitrogens is 1. The first-order valence-corrected chi connectivity index (χ1v) is 7.50. The van der Waals surface area contributed by atoms with Crippen molar-refractivity contribution in [2.24, 2.45) is 5.41 Å². The van der Waals surface area contributed by atoms with E-state index in [-0.39, 0.29) is 17.9 Å². The average Bonchev–Trinajstić information content (AvgIpc) is 2.86. The lowest BCUT2D eigenvalue weighted by Gasteiger charge is -2.11. The highest BCUT2D eigenvalue weighted by atomic mass is 32.1. The van der Waals surface area contributed by atoms with E-state index in [9.17, 15) is 9.90 Å². The molecule has 0 aliphatic heterocycles. The van der Waals surface area contributed by atoms with Gasteiger partial charge in [-0.15, -0.1) is 11.3 Å². The molecule has 2 heterocycles. The number of hydrogen-bond acceptors (Lipinski definition) is 4. The summed E-state index contributed by atoms with van der Waals surface area (Å²) < 4.78 is 0. The summed E-state index contributed by atoms with van der Waals surface area (Å²) in [6, 6.07) is 1.81. The van der Waals surface area contributed by atoms with E-state index in [1.54, 1.807) is 17.5 Å². The Kier molecular flexibility index (Phi) is 3.35. The van der Waals surface area contributed by atoms with Crippen LogP contribution in [0.25, 0.3) is 11.3 Å². The number of hydrogen-bond donors (Lipinski definition) is 3. The van der Waals surface area contributed by atoms with Crippen molar-refractivity contribution in [2.45, 2.75) is 19.8 Å². The van der Waals surface area contributed by atoms with Crippen LogP contribution in [0.15, 0.2) is 17.6 Å². The molecule has 0 atom stereocenters. The first-order valence-electron chi connectivity index (χ1n) is 6.62. The van der Waals surface area contributed by atoms with Gasteiger partial charge in [-0.1, -0.05) is 0 Å². The highest BCUT2D eigenvalue weighted by molar-refractivity contribution is 7.09. The third-order valence-corrected chi connectivity index (χ3v) is 4.53. The zero-order valence-electron chi connectivity index (χ0n) is 11.3. The van der Waals surface area contributed by atoms with Crippen molar-refractivity contribution in [3.63, 3.8) is 0 Å². The molecule has 3 rings (SSSR count). The van der Waals surface area contributed by atoms with Crippen molar-refractivity contribution in [1.82, 2.24) is 15.3 Å². The number of carbonyl (C=O) groups is 1. The van der Waals surface area contributed by atoms with Crippen LogP contribution in [0.4, 0.5) is 0 Å². The predicted octanol–water partition coefficient (Wildman–Crippen LogP) is 1.95. The number of rotatable bonds is 5. The van der Waals surface area contributed by atoms with Crippen LogP contribution in [-0.2, 0) is 0 Å². The van der Waals surface area contributed by atoms with E-state index in [0.29, 0.717) is 12.2 Å². The van der Waals surface area contributed by atoms with Gasteiger partial charge in [0.25, 0.3) is 5.91 Å². The van der Waals surface area contributed by atoms with E-state index in [1.165, 1.54) is 0 Å². The van der Waals surface area contributed by atoms with Gasteiger partial charge in [-0.25, -0.2) is 4.98 Å². The highest BCUT2D eigenvalue weighted by Crippen LogP contribution is 2.44. The second-order valence-corrected chi connectivity index (χ2v) is 6.46. The molecule has 1 amide bonds. The highest BCUT2D eigenvalue weighted by Gasteiger charge is 2.42. The first kappa shape index (κ1) is 13.3. The topological polar surface area (TPSA) is 78.0 Å². The fourth-order valence-corrected chi connectivity index (χ4v) is 2.72. The molecule has 0 unspecified atom stereocenters. The standard InChI is InChI=1S/C14H17N3O2S/c1-9-17-12(6-20-9)10-4-11(15-5-10)13(19)16-7-14(8-18)2-3-14/h4-6,15,18H,2-3,7-8H2,1H3,(H,16,19). The number of amides is 1. The van der Waals surface area contributed by atoms with Crippen molar-refractivity contribution >= 4 is 17.2 Å². The van der Waals surface area contributed by atoms with E-state index in [2.05, 4.69) is 15.3 Å². The minimum absolute atomic E-state index is 0.0723. The fraction of sp³-hybridized carbons (Fsp3) is 0.429. The van der Waals surface area contributed by atoms with Crippen LogP contribution in [0.5, 0.6) is 0 Å². The normalized spacial score (nSPS) is 16.1.